The smallest absolute Gasteiger partial charge is 0.160 e. The Bertz CT molecular complexity index is 1170. The molecule has 0 aliphatic heterocycles. The average Bonchev–Trinajstić information content (AvgIpc) is 3.07. The molecule has 138 valence electrons. The second-order valence-corrected chi connectivity index (χ2v) is 6.89. The number of fused-ring (bicyclic) bond motifs is 1. The maximum absolute atomic E-state index is 9.30. The summed E-state index contributed by atoms with van der Waals surface area (Å²) >= 11 is 0. The van der Waals surface area contributed by atoms with Crippen LogP contribution in [0.5, 0.6) is 0 Å². The first kappa shape index (κ1) is 17.9. The van der Waals surface area contributed by atoms with E-state index in [9.17, 15) is 5.26 Å². The van der Waals surface area contributed by atoms with Crippen molar-refractivity contribution in [2.45, 2.75) is 33.2 Å². The molecule has 0 N–H and O–H groups in total. The van der Waals surface area contributed by atoms with Crippen molar-refractivity contribution in [3.05, 3.63) is 77.5 Å². The summed E-state index contributed by atoms with van der Waals surface area (Å²) in [6.07, 6.45) is 7.14. The van der Waals surface area contributed by atoms with Crippen molar-refractivity contribution in [3.8, 4) is 17.2 Å². The maximum Gasteiger partial charge on any atom is 0.160 e. The second kappa shape index (κ2) is 7.61. The number of nitrogens with zero attached hydrogens (tertiary/aromatic N) is 5. The van der Waals surface area contributed by atoms with E-state index < -0.39 is 0 Å². The minimum Gasteiger partial charge on any atom is -0.308 e. The molecule has 0 aliphatic rings. The molecule has 3 aromatic heterocycles. The Labute approximate surface area is 164 Å². The summed E-state index contributed by atoms with van der Waals surface area (Å²) in [6, 6.07) is 14.4. The molecule has 5 nitrogen and oxygen atoms in total. The summed E-state index contributed by atoms with van der Waals surface area (Å²) in [6.45, 7) is 4.97. The normalized spacial score (nSPS) is 10.9. The number of rotatable bonds is 5. The Kier molecular flexibility index (Phi) is 4.86. The van der Waals surface area contributed by atoms with Gasteiger partial charge >= 0.3 is 0 Å². The van der Waals surface area contributed by atoms with Gasteiger partial charge in [0.25, 0.3) is 0 Å². The number of aryl methyl sites for hydroxylation is 2. The molecule has 28 heavy (non-hydrogen) atoms. The standard InChI is InChI=1S/C23H21N5/c1-3-4-21-27-22-16(2)9-12-26-23(22)28(21)15-17-5-7-18(8-6-17)20-10-11-25-14-19(20)13-24/h5-12,14H,3-4,15H2,1-2H3. The molecule has 0 spiro atoms. The fraction of sp³-hybridized carbons (Fsp3) is 0.217. The van der Waals surface area contributed by atoms with Crippen LogP contribution in [0.25, 0.3) is 22.3 Å². The van der Waals surface area contributed by atoms with E-state index in [-0.39, 0.29) is 0 Å². The molecule has 0 aliphatic carbocycles. The van der Waals surface area contributed by atoms with Gasteiger partial charge < -0.3 is 4.57 Å². The van der Waals surface area contributed by atoms with Gasteiger partial charge in [-0.05, 0) is 42.2 Å². The third kappa shape index (κ3) is 3.25. The lowest BCUT2D eigenvalue weighted by Crippen LogP contribution is -2.06. The van der Waals surface area contributed by atoms with Crippen molar-refractivity contribution in [2.24, 2.45) is 0 Å². The van der Waals surface area contributed by atoms with E-state index in [2.05, 4.69) is 58.7 Å². The SMILES string of the molecule is CCCc1nc2c(C)ccnc2n1Cc1ccc(-c2ccncc2C#N)cc1. The van der Waals surface area contributed by atoms with Gasteiger partial charge in [-0.15, -0.1) is 0 Å². The lowest BCUT2D eigenvalue weighted by atomic mass is 10.0. The van der Waals surface area contributed by atoms with Gasteiger partial charge in [-0.25, -0.2) is 9.97 Å². The Balaban J connectivity index is 1.70. The highest BCUT2D eigenvalue weighted by atomic mass is 15.1. The first-order chi connectivity index (χ1) is 13.7. The summed E-state index contributed by atoms with van der Waals surface area (Å²) in [4.78, 5) is 13.5. The maximum atomic E-state index is 9.30. The number of hydrogen-bond acceptors (Lipinski definition) is 4. The molecule has 5 heteroatoms. The zero-order valence-electron chi connectivity index (χ0n) is 16.1. The molecular weight excluding hydrogens is 346 g/mol. The summed E-state index contributed by atoms with van der Waals surface area (Å²) in [7, 11) is 0. The van der Waals surface area contributed by atoms with E-state index in [1.165, 1.54) is 5.56 Å². The Morgan fingerprint density at radius 2 is 1.89 bits per heavy atom. The Morgan fingerprint density at radius 3 is 2.64 bits per heavy atom. The Hall–Kier alpha value is -3.52. The molecule has 1 aromatic carbocycles. The molecule has 0 radical (unpaired) electrons. The summed E-state index contributed by atoms with van der Waals surface area (Å²) in [5.41, 5.74) is 6.75. The molecule has 0 atom stereocenters. The van der Waals surface area contributed by atoms with Gasteiger partial charge in [0.2, 0.25) is 0 Å². The van der Waals surface area contributed by atoms with Crippen LogP contribution in [-0.4, -0.2) is 19.5 Å². The zero-order valence-corrected chi connectivity index (χ0v) is 16.1. The van der Waals surface area contributed by atoms with Gasteiger partial charge in [0.1, 0.15) is 17.4 Å². The average molecular weight is 367 g/mol. The monoisotopic (exact) mass is 367 g/mol. The number of hydrogen-bond donors (Lipinski definition) is 0. The lowest BCUT2D eigenvalue weighted by molar-refractivity contribution is 0.717. The van der Waals surface area contributed by atoms with Crippen molar-refractivity contribution in [2.75, 3.05) is 0 Å². The van der Waals surface area contributed by atoms with Crippen LogP contribution in [0.4, 0.5) is 0 Å². The molecule has 0 saturated carbocycles. The topological polar surface area (TPSA) is 67.4 Å². The molecule has 0 amide bonds. The van der Waals surface area contributed by atoms with E-state index in [0.717, 1.165) is 53.1 Å². The zero-order chi connectivity index (χ0) is 19.5. The minimum absolute atomic E-state index is 0.584. The summed E-state index contributed by atoms with van der Waals surface area (Å²) in [5, 5.41) is 9.30. The molecule has 0 unspecified atom stereocenters. The third-order valence-electron chi connectivity index (χ3n) is 4.94. The van der Waals surface area contributed by atoms with E-state index >= 15 is 0 Å². The molecular formula is C23H21N5. The lowest BCUT2D eigenvalue weighted by Gasteiger charge is -2.10. The van der Waals surface area contributed by atoms with E-state index in [1.54, 1.807) is 12.4 Å². The largest absolute Gasteiger partial charge is 0.308 e. The fourth-order valence-electron chi connectivity index (χ4n) is 3.47. The summed E-state index contributed by atoms with van der Waals surface area (Å²) < 4.78 is 2.22. The highest BCUT2D eigenvalue weighted by molar-refractivity contribution is 5.75. The van der Waals surface area contributed by atoms with Crippen LogP contribution in [0.15, 0.2) is 55.0 Å². The van der Waals surface area contributed by atoms with Crippen molar-refractivity contribution in [3.63, 3.8) is 0 Å². The first-order valence-corrected chi connectivity index (χ1v) is 9.45. The Morgan fingerprint density at radius 1 is 1.07 bits per heavy atom. The van der Waals surface area contributed by atoms with Crippen LogP contribution >= 0.6 is 0 Å². The molecule has 4 aromatic rings. The minimum atomic E-state index is 0.584. The molecule has 4 rings (SSSR count). The molecule has 0 bridgehead atoms. The second-order valence-electron chi connectivity index (χ2n) is 6.89. The molecule has 3 heterocycles. The van der Waals surface area contributed by atoms with Crippen molar-refractivity contribution >= 4 is 11.2 Å². The van der Waals surface area contributed by atoms with Crippen molar-refractivity contribution in [1.29, 1.82) is 5.26 Å². The van der Waals surface area contributed by atoms with Gasteiger partial charge in [0, 0.05) is 30.6 Å². The highest BCUT2D eigenvalue weighted by Crippen LogP contribution is 2.24. The number of pyridine rings is 2. The number of benzene rings is 1. The van der Waals surface area contributed by atoms with Crippen LogP contribution in [0, 0.1) is 18.3 Å². The van der Waals surface area contributed by atoms with Gasteiger partial charge in [-0.1, -0.05) is 31.2 Å². The number of nitriles is 1. The van der Waals surface area contributed by atoms with Gasteiger partial charge in [-0.2, -0.15) is 5.26 Å². The quantitative estimate of drug-likeness (QED) is 0.514. The fourth-order valence-corrected chi connectivity index (χ4v) is 3.47. The first-order valence-electron chi connectivity index (χ1n) is 9.45. The van der Waals surface area contributed by atoms with Crippen molar-refractivity contribution < 1.29 is 0 Å². The van der Waals surface area contributed by atoms with E-state index in [1.807, 2.05) is 18.3 Å². The number of imidazole rings is 1. The molecule has 0 saturated heterocycles. The van der Waals surface area contributed by atoms with Crippen LogP contribution in [-0.2, 0) is 13.0 Å². The van der Waals surface area contributed by atoms with E-state index in [4.69, 9.17) is 4.98 Å². The van der Waals surface area contributed by atoms with Gasteiger partial charge in [0.15, 0.2) is 5.65 Å². The van der Waals surface area contributed by atoms with Crippen molar-refractivity contribution in [1.82, 2.24) is 19.5 Å². The highest BCUT2D eigenvalue weighted by Gasteiger charge is 2.13. The predicted octanol–water partition coefficient (Wildman–Crippen LogP) is 4.67. The van der Waals surface area contributed by atoms with Crippen LogP contribution in [0.1, 0.15) is 35.9 Å². The van der Waals surface area contributed by atoms with Crippen LogP contribution in [0.3, 0.4) is 0 Å². The van der Waals surface area contributed by atoms with E-state index in [0.29, 0.717) is 5.56 Å². The molecule has 0 fully saturated rings. The van der Waals surface area contributed by atoms with Gasteiger partial charge in [-0.3, -0.25) is 4.98 Å². The predicted molar refractivity (Wildman–Crippen MR) is 110 cm³/mol. The van der Waals surface area contributed by atoms with Gasteiger partial charge in [0.05, 0.1) is 12.1 Å². The summed E-state index contributed by atoms with van der Waals surface area (Å²) in [5.74, 6) is 1.07. The third-order valence-corrected chi connectivity index (χ3v) is 4.94. The van der Waals surface area contributed by atoms with Crippen LogP contribution in [0.2, 0.25) is 0 Å². The van der Waals surface area contributed by atoms with Crippen LogP contribution < -0.4 is 0 Å². The number of aromatic nitrogens is 4.